The average Bonchev–Trinajstić information content (AvgIpc) is 2.68. The van der Waals surface area contributed by atoms with E-state index in [9.17, 15) is 13.2 Å². The molecule has 0 saturated carbocycles. The van der Waals surface area contributed by atoms with Crippen molar-refractivity contribution in [1.82, 2.24) is 4.90 Å². The fourth-order valence-corrected chi connectivity index (χ4v) is 2.70. The van der Waals surface area contributed by atoms with Gasteiger partial charge in [-0.1, -0.05) is 22.0 Å². The minimum absolute atomic E-state index is 0.0317. The largest absolute Gasteiger partial charge is 0.402 e. The number of nitrogens with zero attached hydrogens (tertiary/aromatic N) is 1. The summed E-state index contributed by atoms with van der Waals surface area (Å²) in [4.78, 5) is 1.46. The van der Waals surface area contributed by atoms with Gasteiger partial charge in [0.1, 0.15) is 4.83 Å². The molecule has 2 unspecified atom stereocenters. The molecule has 1 heterocycles. The van der Waals surface area contributed by atoms with Crippen LogP contribution >= 0.6 is 27.3 Å². The molecule has 0 spiro atoms. The summed E-state index contributed by atoms with van der Waals surface area (Å²) < 4.78 is 37.1. The number of halogens is 4. The molecule has 0 aliphatic rings. The zero-order valence-corrected chi connectivity index (χ0v) is 12.1. The van der Waals surface area contributed by atoms with E-state index in [2.05, 4.69) is 15.9 Å². The first-order valence-electron chi connectivity index (χ1n) is 5.24. The van der Waals surface area contributed by atoms with Crippen molar-refractivity contribution in [3.05, 3.63) is 22.4 Å². The van der Waals surface area contributed by atoms with Crippen LogP contribution in [-0.2, 0) is 6.42 Å². The third kappa shape index (κ3) is 4.97. The zero-order valence-electron chi connectivity index (χ0n) is 9.67. The molecule has 2 atom stereocenters. The van der Waals surface area contributed by atoms with E-state index in [-0.39, 0.29) is 12.6 Å². The second-order valence-corrected chi connectivity index (χ2v) is 6.22. The highest BCUT2D eigenvalue weighted by atomic mass is 79.9. The second-order valence-electron chi connectivity index (χ2n) is 4.08. The molecule has 0 radical (unpaired) electrons. The van der Waals surface area contributed by atoms with E-state index in [1.54, 1.807) is 23.3 Å². The van der Waals surface area contributed by atoms with Crippen molar-refractivity contribution >= 4 is 27.3 Å². The highest BCUT2D eigenvalue weighted by molar-refractivity contribution is 9.09. The Kier molecular flexibility index (Phi) is 5.47. The summed E-state index contributed by atoms with van der Waals surface area (Å²) in [5, 5.41) is 1.98. The molecule has 1 nitrogen and oxygen atoms in total. The molecule has 1 rings (SSSR count). The average molecular weight is 330 g/mol. The fraction of sp³-hybridized carbons (Fsp3) is 0.636. The van der Waals surface area contributed by atoms with Gasteiger partial charge in [0.25, 0.3) is 0 Å². The van der Waals surface area contributed by atoms with Crippen LogP contribution in [0.15, 0.2) is 17.5 Å². The highest BCUT2D eigenvalue weighted by Gasteiger charge is 2.38. The minimum Gasteiger partial charge on any atom is -0.302 e. The van der Waals surface area contributed by atoms with E-state index in [4.69, 9.17) is 0 Å². The summed E-state index contributed by atoms with van der Waals surface area (Å²) in [6.45, 7) is 1.91. The van der Waals surface area contributed by atoms with Crippen LogP contribution in [0, 0.1) is 0 Å². The molecule has 0 aromatic carbocycles. The van der Waals surface area contributed by atoms with Gasteiger partial charge < -0.3 is 4.90 Å². The van der Waals surface area contributed by atoms with Crippen LogP contribution in [0.25, 0.3) is 0 Å². The number of likely N-dealkylation sites (N-methyl/N-ethyl adjacent to an activating group) is 1. The number of alkyl halides is 4. The summed E-state index contributed by atoms with van der Waals surface area (Å²) in [6, 6.07) is 4.05. The smallest absolute Gasteiger partial charge is 0.302 e. The molecule has 6 heteroatoms. The van der Waals surface area contributed by atoms with Gasteiger partial charge in [-0.3, -0.25) is 0 Å². The van der Waals surface area contributed by atoms with Gasteiger partial charge in [-0.2, -0.15) is 13.2 Å². The maximum absolute atomic E-state index is 12.4. The Hall–Kier alpha value is -0.0700. The molecule has 17 heavy (non-hydrogen) atoms. The molecular formula is C11H15BrF3NS. The van der Waals surface area contributed by atoms with Gasteiger partial charge >= 0.3 is 6.18 Å². The maximum Gasteiger partial charge on any atom is 0.402 e. The topological polar surface area (TPSA) is 3.24 Å². The number of thiophene rings is 1. The van der Waals surface area contributed by atoms with Crippen molar-refractivity contribution in [2.75, 3.05) is 13.6 Å². The van der Waals surface area contributed by atoms with E-state index in [0.29, 0.717) is 0 Å². The van der Waals surface area contributed by atoms with Gasteiger partial charge in [-0.05, 0) is 31.8 Å². The third-order valence-corrected chi connectivity index (χ3v) is 4.34. The SMILES string of the molecule is CC(Cc1cccs1)N(C)CC(Br)C(F)(F)F. The fourth-order valence-electron chi connectivity index (χ4n) is 1.41. The Morgan fingerprint density at radius 3 is 2.59 bits per heavy atom. The predicted octanol–water partition coefficient (Wildman–Crippen LogP) is 3.94. The Morgan fingerprint density at radius 1 is 1.47 bits per heavy atom. The molecule has 0 aliphatic carbocycles. The maximum atomic E-state index is 12.4. The molecule has 0 amide bonds. The van der Waals surface area contributed by atoms with Crippen molar-refractivity contribution < 1.29 is 13.2 Å². The van der Waals surface area contributed by atoms with Gasteiger partial charge in [-0.15, -0.1) is 11.3 Å². The van der Waals surface area contributed by atoms with Gasteiger partial charge in [0.15, 0.2) is 0 Å². The first kappa shape index (κ1) is 15.0. The van der Waals surface area contributed by atoms with Gasteiger partial charge in [0, 0.05) is 17.5 Å². The standard InChI is InChI=1S/C11H15BrF3NS/c1-8(6-9-4-3-5-17-9)16(2)7-10(12)11(13,14)15/h3-5,8,10H,6-7H2,1-2H3. The Bertz CT molecular complexity index is 326. The lowest BCUT2D eigenvalue weighted by Crippen LogP contribution is -2.40. The van der Waals surface area contributed by atoms with E-state index in [0.717, 1.165) is 6.42 Å². The van der Waals surface area contributed by atoms with Crippen LogP contribution < -0.4 is 0 Å². The summed E-state index contributed by atoms with van der Waals surface area (Å²) in [7, 11) is 1.72. The Balaban J connectivity index is 2.44. The molecule has 0 N–H and O–H groups in total. The van der Waals surface area contributed by atoms with Gasteiger partial charge in [0.2, 0.25) is 0 Å². The van der Waals surface area contributed by atoms with Crippen LogP contribution in [0.1, 0.15) is 11.8 Å². The lowest BCUT2D eigenvalue weighted by molar-refractivity contribution is -0.130. The van der Waals surface area contributed by atoms with Crippen molar-refractivity contribution in [2.45, 2.75) is 30.4 Å². The second kappa shape index (κ2) is 6.20. The lowest BCUT2D eigenvalue weighted by atomic mass is 10.2. The first-order chi connectivity index (χ1) is 7.80. The number of hydrogen-bond donors (Lipinski definition) is 0. The van der Waals surface area contributed by atoms with Gasteiger partial charge in [-0.25, -0.2) is 0 Å². The molecule has 0 bridgehead atoms. The highest BCUT2D eigenvalue weighted by Crippen LogP contribution is 2.27. The van der Waals surface area contributed by atoms with Gasteiger partial charge in [0.05, 0.1) is 0 Å². The molecular weight excluding hydrogens is 315 g/mol. The molecule has 0 saturated heterocycles. The van der Waals surface area contributed by atoms with Crippen molar-refractivity contribution in [1.29, 1.82) is 0 Å². The number of rotatable bonds is 5. The number of hydrogen-bond acceptors (Lipinski definition) is 2. The van der Waals surface area contributed by atoms with Crippen LogP contribution in [0.4, 0.5) is 13.2 Å². The summed E-state index contributed by atoms with van der Waals surface area (Å²) in [6.07, 6.45) is -3.40. The zero-order chi connectivity index (χ0) is 13.1. The van der Waals surface area contributed by atoms with Crippen LogP contribution in [-0.4, -0.2) is 35.5 Å². The quantitative estimate of drug-likeness (QED) is 0.739. The molecule has 1 aromatic heterocycles. The molecule has 0 aliphatic heterocycles. The van der Waals surface area contributed by atoms with Crippen molar-refractivity contribution in [2.24, 2.45) is 0 Å². The van der Waals surface area contributed by atoms with Crippen LogP contribution in [0.5, 0.6) is 0 Å². The normalized spacial score (nSPS) is 16.2. The Morgan fingerprint density at radius 2 is 2.12 bits per heavy atom. The van der Waals surface area contributed by atoms with E-state index < -0.39 is 11.0 Å². The summed E-state index contributed by atoms with van der Waals surface area (Å²) in [5.41, 5.74) is 0. The van der Waals surface area contributed by atoms with E-state index in [1.807, 2.05) is 24.4 Å². The summed E-state index contributed by atoms with van der Waals surface area (Å²) >= 11 is 4.31. The van der Waals surface area contributed by atoms with Crippen LogP contribution in [0.2, 0.25) is 0 Å². The van der Waals surface area contributed by atoms with Crippen LogP contribution in [0.3, 0.4) is 0 Å². The lowest BCUT2D eigenvalue weighted by Gasteiger charge is -2.27. The molecule has 98 valence electrons. The van der Waals surface area contributed by atoms with Crippen molar-refractivity contribution in [3.63, 3.8) is 0 Å². The third-order valence-electron chi connectivity index (χ3n) is 2.63. The minimum atomic E-state index is -4.18. The monoisotopic (exact) mass is 329 g/mol. The first-order valence-corrected chi connectivity index (χ1v) is 7.03. The van der Waals surface area contributed by atoms with E-state index in [1.165, 1.54) is 4.88 Å². The van der Waals surface area contributed by atoms with E-state index >= 15 is 0 Å². The Labute approximate surface area is 112 Å². The molecule has 0 fully saturated rings. The summed E-state index contributed by atoms with van der Waals surface area (Å²) in [5.74, 6) is 0. The molecule has 1 aromatic rings. The van der Waals surface area contributed by atoms with Crippen molar-refractivity contribution in [3.8, 4) is 0 Å². The predicted molar refractivity (Wildman–Crippen MR) is 68.9 cm³/mol.